The van der Waals surface area contributed by atoms with Crippen molar-refractivity contribution in [3.05, 3.63) is 64.7 Å². The van der Waals surface area contributed by atoms with Crippen molar-refractivity contribution in [1.82, 2.24) is 4.72 Å². The lowest BCUT2D eigenvalue weighted by atomic mass is 10.2. The van der Waals surface area contributed by atoms with Crippen molar-refractivity contribution in [3.63, 3.8) is 0 Å². The summed E-state index contributed by atoms with van der Waals surface area (Å²) < 4.78 is 33.7. The van der Waals surface area contributed by atoms with E-state index < -0.39 is 22.0 Å². The summed E-state index contributed by atoms with van der Waals surface area (Å²) in [6, 6.07) is 12.0. The molecule has 0 aromatic heterocycles. The first-order valence-electron chi connectivity index (χ1n) is 9.03. The van der Waals surface area contributed by atoms with Crippen LogP contribution in [0.1, 0.15) is 28.7 Å². The average molecular weight is 422 g/mol. The minimum Gasteiger partial charge on any atom is -0.460 e. The van der Waals surface area contributed by atoms with E-state index in [1.54, 1.807) is 30.8 Å². The number of sulfonamides is 1. The summed E-state index contributed by atoms with van der Waals surface area (Å²) in [5.74, 6) is 0.0723. The van der Waals surface area contributed by atoms with Crippen LogP contribution < -0.4 is 4.72 Å². The number of aryl methyl sites for hydroxylation is 3. The van der Waals surface area contributed by atoms with Crippen LogP contribution in [0.5, 0.6) is 0 Å². The predicted molar refractivity (Wildman–Crippen MR) is 114 cm³/mol. The Balaban J connectivity index is 2.14. The average Bonchev–Trinajstić information content (AvgIpc) is 2.66. The van der Waals surface area contributed by atoms with Crippen LogP contribution >= 0.6 is 11.8 Å². The minimum atomic E-state index is -3.84. The Morgan fingerprint density at radius 1 is 1.07 bits per heavy atom. The molecule has 0 spiro atoms. The standard InChI is InChI=1S/C21H27NO4S2/c1-15-6-9-18(10-7-15)14-26-21(23)19(11-12-27-4)22-28(24,25)20-13-16(2)5-8-17(20)3/h5-10,13,19,22H,11-12,14H2,1-4H3/t19-/m0/s1. The predicted octanol–water partition coefficient (Wildman–Crippen LogP) is 3.76. The second-order valence-corrected chi connectivity index (χ2v) is 9.49. The number of hydrogen-bond acceptors (Lipinski definition) is 5. The van der Waals surface area contributed by atoms with Gasteiger partial charge >= 0.3 is 5.97 Å². The van der Waals surface area contributed by atoms with Gasteiger partial charge in [0, 0.05) is 0 Å². The Labute approximate surface area is 171 Å². The molecule has 0 bridgehead atoms. The number of ether oxygens (including phenoxy) is 1. The highest BCUT2D eigenvalue weighted by atomic mass is 32.2. The molecule has 0 fully saturated rings. The molecule has 5 nitrogen and oxygen atoms in total. The molecule has 0 aliphatic carbocycles. The zero-order valence-corrected chi connectivity index (χ0v) is 18.3. The fourth-order valence-electron chi connectivity index (χ4n) is 2.65. The molecular formula is C21H27NO4S2. The molecule has 2 aromatic carbocycles. The number of esters is 1. The highest BCUT2D eigenvalue weighted by Gasteiger charge is 2.27. The summed E-state index contributed by atoms with van der Waals surface area (Å²) in [4.78, 5) is 12.8. The molecule has 2 aromatic rings. The Morgan fingerprint density at radius 2 is 1.71 bits per heavy atom. The van der Waals surface area contributed by atoms with Crippen molar-refractivity contribution in [3.8, 4) is 0 Å². The van der Waals surface area contributed by atoms with Crippen LogP contribution in [0.2, 0.25) is 0 Å². The summed E-state index contributed by atoms with van der Waals surface area (Å²) in [5, 5.41) is 0. The first-order chi connectivity index (χ1) is 13.2. The molecule has 0 radical (unpaired) electrons. The van der Waals surface area contributed by atoms with Crippen LogP contribution in [0.25, 0.3) is 0 Å². The molecule has 0 saturated heterocycles. The fourth-order valence-corrected chi connectivity index (χ4v) is 4.67. The lowest BCUT2D eigenvalue weighted by molar-refractivity contribution is -0.147. The van der Waals surface area contributed by atoms with Crippen LogP contribution in [0.15, 0.2) is 47.4 Å². The molecule has 0 unspecified atom stereocenters. The van der Waals surface area contributed by atoms with Gasteiger partial charge in [0.05, 0.1) is 4.90 Å². The summed E-state index contributed by atoms with van der Waals surface area (Å²) >= 11 is 1.55. The van der Waals surface area contributed by atoms with Gasteiger partial charge < -0.3 is 4.74 Å². The van der Waals surface area contributed by atoms with Crippen molar-refractivity contribution in [2.75, 3.05) is 12.0 Å². The second-order valence-electron chi connectivity index (χ2n) is 6.82. The smallest absolute Gasteiger partial charge is 0.324 e. The molecule has 0 aliphatic rings. The molecule has 0 heterocycles. The maximum atomic E-state index is 12.9. The van der Waals surface area contributed by atoms with Gasteiger partial charge in [-0.25, -0.2) is 8.42 Å². The van der Waals surface area contributed by atoms with E-state index in [9.17, 15) is 13.2 Å². The van der Waals surface area contributed by atoms with Gasteiger partial charge in [-0.05, 0) is 62.0 Å². The van der Waals surface area contributed by atoms with Gasteiger partial charge in [-0.1, -0.05) is 42.0 Å². The number of benzene rings is 2. The molecule has 0 aliphatic heterocycles. The maximum absolute atomic E-state index is 12.9. The number of thioether (sulfide) groups is 1. The largest absolute Gasteiger partial charge is 0.460 e. The summed E-state index contributed by atoms with van der Waals surface area (Å²) in [6.45, 7) is 5.66. The summed E-state index contributed by atoms with van der Waals surface area (Å²) in [7, 11) is -3.84. The topological polar surface area (TPSA) is 72.5 Å². The number of carbonyl (C=O) groups excluding carboxylic acids is 1. The van der Waals surface area contributed by atoms with Crippen molar-refractivity contribution < 1.29 is 17.9 Å². The Hall–Kier alpha value is -1.83. The van der Waals surface area contributed by atoms with E-state index in [1.807, 2.05) is 50.4 Å². The van der Waals surface area contributed by atoms with Crippen LogP contribution in [0.3, 0.4) is 0 Å². The quantitative estimate of drug-likeness (QED) is 0.624. The number of hydrogen-bond donors (Lipinski definition) is 1. The molecule has 152 valence electrons. The minimum absolute atomic E-state index is 0.111. The van der Waals surface area contributed by atoms with Gasteiger partial charge in [0.1, 0.15) is 12.6 Å². The number of carbonyl (C=O) groups is 1. The van der Waals surface area contributed by atoms with Gasteiger partial charge in [-0.2, -0.15) is 16.5 Å². The molecular weight excluding hydrogens is 394 g/mol. The third-order valence-electron chi connectivity index (χ3n) is 4.33. The highest BCUT2D eigenvalue weighted by molar-refractivity contribution is 7.98. The zero-order chi connectivity index (χ0) is 20.7. The first-order valence-corrected chi connectivity index (χ1v) is 11.9. The first kappa shape index (κ1) is 22.5. The molecule has 7 heteroatoms. The van der Waals surface area contributed by atoms with E-state index in [0.29, 0.717) is 17.7 Å². The van der Waals surface area contributed by atoms with Gasteiger partial charge in [0.25, 0.3) is 0 Å². The van der Waals surface area contributed by atoms with E-state index in [4.69, 9.17) is 4.74 Å². The van der Waals surface area contributed by atoms with E-state index >= 15 is 0 Å². The van der Waals surface area contributed by atoms with Crippen molar-refractivity contribution in [2.45, 2.75) is 44.7 Å². The molecule has 0 saturated carbocycles. The van der Waals surface area contributed by atoms with Gasteiger partial charge in [-0.15, -0.1) is 0 Å². The van der Waals surface area contributed by atoms with Crippen LogP contribution in [0.4, 0.5) is 0 Å². The zero-order valence-electron chi connectivity index (χ0n) is 16.7. The van der Waals surface area contributed by atoms with Crippen LogP contribution in [0, 0.1) is 20.8 Å². The highest BCUT2D eigenvalue weighted by Crippen LogP contribution is 2.18. The Morgan fingerprint density at radius 3 is 2.36 bits per heavy atom. The van der Waals surface area contributed by atoms with Gasteiger partial charge in [0.15, 0.2) is 0 Å². The summed E-state index contributed by atoms with van der Waals surface area (Å²) in [6.07, 6.45) is 2.27. The van der Waals surface area contributed by atoms with Gasteiger partial charge in [-0.3, -0.25) is 4.79 Å². The lowest BCUT2D eigenvalue weighted by Crippen LogP contribution is -2.42. The fraction of sp³-hybridized carbons (Fsp3) is 0.381. The van der Waals surface area contributed by atoms with E-state index in [-0.39, 0.29) is 11.5 Å². The van der Waals surface area contributed by atoms with E-state index in [0.717, 1.165) is 16.7 Å². The lowest BCUT2D eigenvalue weighted by Gasteiger charge is -2.18. The number of rotatable bonds is 9. The molecule has 0 amide bonds. The second kappa shape index (κ2) is 10.1. The van der Waals surface area contributed by atoms with E-state index in [2.05, 4.69) is 4.72 Å². The molecule has 28 heavy (non-hydrogen) atoms. The molecule has 1 atom stereocenters. The SMILES string of the molecule is CSCC[C@H](NS(=O)(=O)c1cc(C)ccc1C)C(=O)OCc1ccc(C)cc1. The monoisotopic (exact) mass is 421 g/mol. The summed E-state index contributed by atoms with van der Waals surface area (Å²) in [5.41, 5.74) is 3.46. The Kier molecular flexibility index (Phi) is 8.10. The third kappa shape index (κ3) is 6.36. The normalized spacial score (nSPS) is 12.6. The molecule has 1 N–H and O–H groups in total. The van der Waals surface area contributed by atoms with Crippen molar-refractivity contribution in [2.24, 2.45) is 0 Å². The molecule has 2 rings (SSSR count). The van der Waals surface area contributed by atoms with Crippen molar-refractivity contribution in [1.29, 1.82) is 0 Å². The number of nitrogens with one attached hydrogen (secondary N) is 1. The third-order valence-corrected chi connectivity index (χ3v) is 6.59. The van der Waals surface area contributed by atoms with E-state index in [1.165, 1.54) is 0 Å². The van der Waals surface area contributed by atoms with Crippen molar-refractivity contribution >= 4 is 27.8 Å². The van der Waals surface area contributed by atoms with Gasteiger partial charge in [0.2, 0.25) is 10.0 Å². The van der Waals surface area contributed by atoms with Crippen LogP contribution in [-0.2, 0) is 26.2 Å². The maximum Gasteiger partial charge on any atom is 0.324 e. The Bertz CT molecular complexity index is 909. The van der Waals surface area contributed by atoms with Crippen LogP contribution in [-0.4, -0.2) is 32.4 Å².